The maximum atomic E-state index is 12.9. The second-order valence-corrected chi connectivity index (χ2v) is 6.10. The predicted octanol–water partition coefficient (Wildman–Crippen LogP) is 4.01. The predicted molar refractivity (Wildman–Crippen MR) is 103 cm³/mol. The highest BCUT2D eigenvalue weighted by molar-refractivity contribution is 5.85. The van der Waals surface area contributed by atoms with Crippen molar-refractivity contribution in [1.82, 2.24) is 4.90 Å². The summed E-state index contributed by atoms with van der Waals surface area (Å²) in [5.41, 5.74) is 2.21. The Bertz CT molecular complexity index is 662. The van der Waals surface area contributed by atoms with Gasteiger partial charge < -0.3 is 14.7 Å². The highest BCUT2D eigenvalue weighted by Crippen LogP contribution is 2.16. The molecule has 0 aromatic heterocycles. The van der Waals surface area contributed by atoms with E-state index in [9.17, 15) is 9.18 Å². The number of nitrogens with zero attached hydrogens (tertiary/aromatic N) is 1. The zero-order valence-corrected chi connectivity index (χ0v) is 15.7. The van der Waals surface area contributed by atoms with Gasteiger partial charge in [0.15, 0.2) is 0 Å². The van der Waals surface area contributed by atoms with Gasteiger partial charge in [-0.05, 0) is 55.3 Å². The first-order chi connectivity index (χ1) is 12.0. The van der Waals surface area contributed by atoms with E-state index in [0.717, 1.165) is 36.3 Å². The summed E-state index contributed by atoms with van der Waals surface area (Å²) in [6, 6.07) is 14.4. The molecule has 26 heavy (non-hydrogen) atoms. The Labute approximate surface area is 160 Å². The molecule has 0 saturated heterocycles. The van der Waals surface area contributed by atoms with Gasteiger partial charge in [-0.1, -0.05) is 24.3 Å². The van der Waals surface area contributed by atoms with Gasteiger partial charge in [-0.2, -0.15) is 0 Å². The van der Waals surface area contributed by atoms with Crippen LogP contribution in [0.3, 0.4) is 0 Å². The molecule has 0 heterocycles. The summed E-state index contributed by atoms with van der Waals surface area (Å²) in [6.45, 7) is 1.94. The molecule has 0 fully saturated rings. The standard InChI is InChI=1S/C20H24FNO3.ClH/c1-22(13-11-20(23)24)12-2-14-25-19-9-5-17(6-10-19)15-16-3-7-18(21)8-4-16;/h3-10H,2,11-15H2,1H3,(H,23,24);1H. The molecule has 2 aromatic rings. The number of hydrogen-bond donors (Lipinski definition) is 1. The monoisotopic (exact) mass is 381 g/mol. The molecule has 4 nitrogen and oxygen atoms in total. The van der Waals surface area contributed by atoms with Crippen LogP contribution in [-0.4, -0.2) is 42.7 Å². The molecular formula is C20H25ClFNO3. The first-order valence-corrected chi connectivity index (χ1v) is 8.39. The van der Waals surface area contributed by atoms with Gasteiger partial charge in [0.05, 0.1) is 13.0 Å². The van der Waals surface area contributed by atoms with Gasteiger partial charge in [0.2, 0.25) is 0 Å². The van der Waals surface area contributed by atoms with Crippen molar-refractivity contribution in [2.45, 2.75) is 19.3 Å². The average Bonchev–Trinajstić information content (AvgIpc) is 2.60. The molecular weight excluding hydrogens is 357 g/mol. The molecule has 0 atom stereocenters. The number of carbonyl (C=O) groups is 1. The molecule has 0 aliphatic heterocycles. The van der Waals surface area contributed by atoms with Gasteiger partial charge in [0, 0.05) is 13.1 Å². The number of halogens is 2. The minimum atomic E-state index is -0.774. The Hall–Kier alpha value is -2.11. The first kappa shape index (κ1) is 21.9. The lowest BCUT2D eigenvalue weighted by Gasteiger charge is -2.15. The van der Waals surface area contributed by atoms with Gasteiger partial charge in [-0.25, -0.2) is 4.39 Å². The summed E-state index contributed by atoms with van der Waals surface area (Å²) in [6.07, 6.45) is 1.76. The van der Waals surface area contributed by atoms with Crippen molar-refractivity contribution in [2.24, 2.45) is 0 Å². The minimum absolute atomic E-state index is 0. The van der Waals surface area contributed by atoms with Crippen molar-refractivity contribution in [1.29, 1.82) is 0 Å². The van der Waals surface area contributed by atoms with E-state index in [1.165, 1.54) is 12.1 Å². The van der Waals surface area contributed by atoms with Crippen LogP contribution in [0.15, 0.2) is 48.5 Å². The van der Waals surface area contributed by atoms with Crippen LogP contribution in [0.4, 0.5) is 4.39 Å². The number of ether oxygens (including phenoxy) is 1. The second kappa shape index (κ2) is 11.5. The van der Waals surface area contributed by atoms with Crippen LogP contribution < -0.4 is 4.74 Å². The highest BCUT2D eigenvalue weighted by atomic mass is 35.5. The van der Waals surface area contributed by atoms with E-state index in [1.807, 2.05) is 36.2 Å². The lowest BCUT2D eigenvalue weighted by molar-refractivity contribution is -0.137. The number of carboxylic acids is 1. The van der Waals surface area contributed by atoms with Crippen LogP contribution in [0.25, 0.3) is 0 Å². The van der Waals surface area contributed by atoms with E-state index in [1.54, 1.807) is 12.1 Å². The zero-order valence-electron chi connectivity index (χ0n) is 14.9. The summed E-state index contributed by atoms with van der Waals surface area (Å²) in [7, 11) is 1.91. The van der Waals surface area contributed by atoms with Crippen molar-refractivity contribution in [2.75, 3.05) is 26.7 Å². The topological polar surface area (TPSA) is 49.8 Å². The van der Waals surface area contributed by atoms with Crippen molar-refractivity contribution in [3.63, 3.8) is 0 Å². The number of hydrogen-bond acceptors (Lipinski definition) is 3. The molecule has 6 heteroatoms. The zero-order chi connectivity index (χ0) is 18.1. The van der Waals surface area contributed by atoms with E-state index in [4.69, 9.17) is 9.84 Å². The third-order valence-electron chi connectivity index (χ3n) is 3.91. The number of carboxylic acid groups (broad SMARTS) is 1. The highest BCUT2D eigenvalue weighted by Gasteiger charge is 2.03. The van der Waals surface area contributed by atoms with Crippen LogP contribution in [0, 0.1) is 5.82 Å². The summed E-state index contributed by atoms with van der Waals surface area (Å²) >= 11 is 0. The average molecular weight is 382 g/mol. The van der Waals surface area contributed by atoms with E-state index in [2.05, 4.69) is 0 Å². The quantitative estimate of drug-likeness (QED) is 0.632. The van der Waals surface area contributed by atoms with Crippen molar-refractivity contribution in [3.05, 3.63) is 65.5 Å². The van der Waals surface area contributed by atoms with Crippen molar-refractivity contribution >= 4 is 18.4 Å². The molecule has 2 aromatic carbocycles. The first-order valence-electron chi connectivity index (χ1n) is 8.39. The number of rotatable bonds is 10. The second-order valence-electron chi connectivity index (χ2n) is 6.10. The molecule has 0 bridgehead atoms. The van der Waals surface area contributed by atoms with Crippen molar-refractivity contribution in [3.8, 4) is 5.75 Å². The Morgan fingerprint density at radius 3 is 2.19 bits per heavy atom. The maximum absolute atomic E-state index is 12.9. The van der Waals surface area contributed by atoms with Gasteiger partial charge >= 0.3 is 5.97 Å². The number of benzene rings is 2. The minimum Gasteiger partial charge on any atom is -0.494 e. The smallest absolute Gasteiger partial charge is 0.304 e. The maximum Gasteiger partial charge on any atom is 0.304 e. The molecule has 0 spiro atoms. The van der Waals surface area contributed by atoms with Gasteiger partial charge in [0.25, 0.3) is 0 Å². The van der Waals surface area contributed by atoms with Crippen LogP contribution in [0.2, 0.25) is 0 Å². The molecule has 0 unspecified atom stereocenters. The fourth-order valence-electron chi connectivity index (χ4n) is 2.46. The Balaban J connectivity index is 0.00000338. The Kier molecular flexibility index (Phi) is 9.70. The van der Waals surface area contributed by atoms with E-state index in [-0.39, 0.29) is 24.6 Å². The molecule has 1 N–H and O–H groups in total. The lowest BCUT2D eigenvalue weighted by Crippen LogP contribution is -2.24. The van der Waals surface area contributed by atoms with E-state index < -0.39 is 5.97 Å². The van der Waals surface area contributed by atoms with E-state index in [0.29, 0.717) is 13.2 Å². The molecule has 0 aliphatic carbocycles. The SMILES string of the molecule is CN(CCCOc1ccc(Cc2ccc(F)cc2)cc1)CCC(=O)O.Cl. The summed E-state index contributed by atoms with van der Waals surface area (Å²) in [5.74, 6) is -0.180. The number of aliphatic carboxylic acids is 1. The van der Waals surface area contributed by atoms with E-state index >= 15 is 0 Å². The third-order valence-corrected chi connectivity index (χ3v) is 3.91. The summed E-state index contributed by atoms with van der Waals surface area (Å²) in [5, 5.41) is 8.64. The summed E-state index contributed by atoms with van der Waals surface area (Å²) in [4.78, 5) is 12.5. The third kappa shape index (κ3) is 8.32. The molecule has 0 aliphatic rings. The largest absolute Gasteiger partial charge is 0.494 e. The molecule has 0 radical (unpaired) electrons. The fourth-order valence-corrected chi connectivity index (χ4v) is 2.46. The van der Waals surface area contributed by atoms with Crippen LogP contribution in [-0.2, 0) is 11.2 Å². The van der Waals surface area contributed by atoms with Crippen molar-refractivity contribution < 1.29 is 19.0 Å². The van der Waals surface area contributed by atoms with Crippen LogP contribution in [0.5, 0.6) is 5.75 Å². The molecule has 2 rings (SSSR count). The fraction of sp³-hybridized carbons (Fsp3) is 0.350. The van der Waals surface area contributed by atoms with Crippen LogP contribution in [0.1, 0.15) is 24.0 Å². The Morgan fingerprint density at radius 1 is 1.04 bits per heavy atom. The van der Waals surface area contributed by atoms with Crippen LogP contribution >= 0.6 is 12.4 Å². The molecule has 142 valence electrons. The normalized spacial score (nSPS) is 10.4. The molecule has 0 amide bonds. The van der Waals surface area contributed by atoms with Gasteiger partial charge in [-0.3, -0.25) is 4.79 Å². The van der Waals surface area contributed by atoms with Gasteiger partial charge in [0.1, 0.15) is 11.6 Å². The molecule has 0 saturated carbocycles. The summed E-state index contributed by atoms with van der Waals surface area (Å²) < 4.78 is 18.6. The Morgan fingerprint density at radius 2 is 1.62 bits per heavy atom. The lowest BCUT2D eigenvalue weighted by atomic mass is 10.1. The van der Waals surface area contributed by atoms with Gasteiger partial charge in [-0.15, -0.1) is 12.4 Å².